The van der Waals surface area contributed by atoms with Gasteiger partial charge in [-0.15, -0.1) is 0 Å². The van der Waals surface area contributed by atoms with Crippen LogP contribution in [-0.2, 0) is 4.79 Å². The molecule has 0 radical (unpaired) electrons. The van der Waals surface area contributed by atoms with Crippen molar-refractivity contribution in [3.8, 4) is 0 Å². The van der Waals surface area contributed by atoms with Gasteiger partial charge in [-0.2, -0.15) is 0 Å². The van der Waals surface area contributed by atoms with Crippen molar-refractivity contribution < 1.29 is 9.18 Å². The van der Waals surface area contributed by atoms with Crippen LogP contribution in [0, 0.1) is 0 Å². The third kappa shape index (κ3) is 1.45. The highest BCUT2D eigenvalue weighted by atomic mass is 35.5. The van der Waals surface area contributed by atoms with Crippen molar-refractivity contribution in [1.82, 2.24) is 0 Å². The number of halogens is 2. The number of hydrogen-bond acceptors (Lipinski definition) is 1. The molecular formula is C7H6ClFO. The van der Waals surface area contributed by atoms with E-state index in [1.807, 2.05) is 0 Å². The lowest BCUT2D eigenvalue weighted by atomic mass is 10.1. The standard InChI is InChI=1S/C7H6ClFO/c8-7(10)5-3-1-2-4-6(5)9/h1,3H,2,4H2. The van der Waals surface area contributed by atoms with E-state index in [1.165, 1.54) is 6.08 Å². The molecule has 0 aromatic heterocycles. The van der Waals surface area contributed by atoms with Gasteiger partial charge in [-0.3, -0.25) is 4.79 Å². The summed E-state index contributed by atoms with van der Waals surface area (Å²) in [5, 5.41) is -0.714. The Bertz CT molecular complexity index is 218. The Morgan fingerprint density at radius 2 is 2.40 bits per heavy atom. The van der Waals surface area contributed by atoms with Crippen LogP contribution >= 0.6 is 11.6 Å². The molecule has 54 valence electrons. The molecule has 0 spiro atoms. The van der Waals surface area contributed by atoms with Gasteiger partial charge in [-0.25, -0.2) is 4.39 Å². The van der Waals surface area contributed by atoms with E-state index in [4.69, 9.17) is 11.6 Å². The first-order chi connectivity index (χ1) is 4.72. The highest BCUT2D eigenvalue weighted by molar-refractivity contribution is 6.68. The summed E-state index contributed by atoms with van der Waals surface area (Å²) in [7, 11) is 0. The summed E-state index contributed by atoms with van der Waals surface area (Å²) in [5.41, 5.74) is 0.00733. The lowest BCUT2D eigenvalue weighted by Crippen LogP contribution is -1.97. The Labute approximate surface area is 63.2 Å². The Balaban J connectivity index is 2.90. The van der Waals surface area contributed by atoms with Gasteiger partial charge in [0, 0.05) is 6.42 Å². The largest absolute Gasteiger partial charge is 0.276 e. The van der Waals surface area contributed by atoms with Gasteiger partial charge in [0.1, 0.15) is 5.83 Å². The summed E-state index contributed by atoms with van der Waals surface area (Å²) >= 11 is 5.06. The maximum atomic E-state index is 12.6. The summed E-state index contributed by atoms with van der Waals surface area (Å²) < 4.78 is 12.6. The molecule has 0 heterocycles. The minimum Gasteiger partial charge on any atom is -0.276 e. The second-order valence-electron chi connectivity index (χ2n) is 2.03. The average Bonchev–Trinajstić information content (AvgIpc) is 1.88. The molecule has 3 heteroatoms. The monoisotopic (exact) mass is 160 g/mol. The lowest BCUT2D eigenvalue weighted by molar-refractivity contribution is -0.108. The highest BCUT2D eigenvalue weighted by Gasteiger charge is 2.12. The maximum absolute atomic E-state index is 12.6. The van der Waals surface area contributed by atoms with Crippen LogP contribution in [0.25, 0.3) is 0 Å². The number of carbonyl (C=O) groups excluding carboxylic acids is 1. The van der Waals surface area contributed by atoms with E-state index in [2.05, 4.69) is 0 Å². The van der Waals surface area contributed by atoms with E-state index in [-0.39, 0.29) is 5.57 Å². The minimum absolute atomic E-state index is 0.00733. The van der Waals surface area contributed by atoms with E-state index in [1.54, 1.807) is 6.08 Å². The van der Waals surface area contributed by atoms with Gasteiger partial charge in [0.2, 0.25) is 0 Å². The molecule has 1 rings (SSSR count). The van der Waals surface area contributed by atoms with E-state index in [0.29, 0.717) is 12.8 Å². The Hall–Kier alpha value is -0.630. The zero-order chi connectivity index (χ0) is 7.56. The molecule has 1 nitrogen and oxygen atoms in total. The van der Waals surface area contributed by atoms with Crippen molar-refractivity contribution in [2.45, 2.75) is 12.8 Å². The summed E-state index contributed by atoms with van der Waals surface area (Å²) in [6.07, 6.45) is 4.11. The molecule has 1 aliphatic rings. The predicted octanol–water partition coefficient (Wildman–Crippen LogP) is 2.33. The van der Waals surface area contributed by atoms with E-state index >= 15 is 0 Å². The van der Waals surface area contributed by atoms with Crippen molar-refractivity contribution in [2.24, 2.45) is 0 Å². The molecule has 0 aromatic rings. The fraction of sp³-hybridized carbons (Fsp3) is 0.286. The third-order valence-corrected chi connectivity index (χ3v) is 1.52. The number of hydrogen-bond donors (Lipinski definition) is 0. The number of carbonyl (C=O) groups is 1. The summed E-state index contributed by atoms with van der Waals surface area (Å²) in [6, 6.07) is 0. The van der Waals surface area contributed by atoms with Crippen LogP contribution in [0.5, 0.6) is 0 Å². The molecule has 0 saturated heterocycles. The Kier molecular flexibility index (Phi) is 2.22. The molecule has 0 fully saturated rings. The molecule has 0 aromatic carbocycles. The van der Waals surface area contributed by atoms with Crippen LogP contribution in [0.3, 0.4) is 0 Å². The van der Waals surface area contributed by atoms with Crippen LogP contribution < -0.4 is 0 Å². The quantitative estimate of drug-likeness (QED) is 0.538. The first-order valence-electron chi connectivity index (χ1n) is 2.97. The molecule has 0 atom stereocenters. The van der Waals surface area contributed by atoms with E-state index in [0.717, 1.165) is 0 Å². The van der Waals surface area contributed by atoms with Gasteiger partial charge < -0.3 is 0 Å². The zero-order valence-electron chi connectivity index (χ0n) is 5.23. The highest BCUT2D eigenvalue weighted by Crippen LogP contribution is 2.21. The topological polar surface area (TPSA) is 17.1 Å². The second kappa shape index (κ2) is 2.97. The van der Waals surface area contributed by atoms with Crippen LogP contribution in [0.4, 0.5) is 4.39 Å². The molecule has 0 saturated carbocycles. The number of rotatable bonds is 1. The Morgan fingerprint density at radius 3 is 2.80 bits per heavy atom. The molecule has 0 aliphatic heterocycles. The SMILES string of the molecule is O=C(Cl)C1=C(F)CCC=C1. The molecule has 0 N–H and O–H groups in total. The van der Waals surface area contributed by atoms with E-state index in [9.17, 15) is 9.18 Å². The third-order valence-electron chi connectivity index (χ3n) is 1.32. The summed E-state index contributed by atoms with van der Waals surface area (Å²) in [6.45, 7) is 0. The predicted molar refractivity (Wildman–Crippen MR) is 37.4 cm³/mol. The lowest BCUT2D eigenvalue weighted by Gasteiger charge is -2.03. The summed E-state index contributed by atoms with van der Waals surface area (Å²) in [4.78, 5) is 10.4. The number of allylic oxidation sites excluding steroid dienone is 4. The van der Waals surface area contributed by atoms with Crippen LogP contribution in [0.2, 0.25) is 0 Å². The second-order valence-corrected chi connectivity index (χ2v) is 2.38. The molecule has 0 bridgehead atoms. The van der Waals surface area contributed by atoms with Crippen LogP contribution in [-0.4, -0.2) is 5.24 Å². The molecule has 0 unspecified atom stereocenters. The fourth-order valence-electron chi connectivity index (χ4n) is 0.808. The van der Waals surface area contributed by atoms with Crippen molar-refractivity contribution in [3.63, 3.8) is 0 Å². The van der Waals surface area contributed by atoms with Gasteiger partial charge in [0.05, 0.1) is 5.57 Å². The van der Waals surface area contributed by atoms with Gasteiger partial charge in [0.25, 0.3) is 5.24 Å². The molecule has 1 aliphatic carbocycles. The van der Waals surface area contributed by atoms with Gasteiger partial charge in [0.15, 0.2) is 0 Å². The van der Waals surface area contributed by atoms with Crippen molar-refractivity contribution in [3.05, 3.63) is 23.6 Å². The first kappa shape index (κ1) is 7.48. The fourth-order valence-corrected chi connectivity index (χ4v) is 0.974. The van der Waals surface area contributed by atoms with Crippen LogP contribution in [0.1, 0.15) is 12.8 Å². The smallest absolute Gasteiger partial charge is 0.254 e. The van der Waals surface area contributed by atoms with Gasteiger partial charge in [-0.1, -0.05) is 12.2 Å². The molecular weight excluding hydrogens is 155 g/mol. The Morgan fingerprint density at radius 1 is 1.70 bits per heavy atom. The van der Waals surface area contributed by atoms with Crippen molar-refractivity contribution in [2.75, 3.05) is 0 Å². The summed E-state index contributed by atoms with van der Waals surface area (Å²) in [5.74, 6) is -0.400. The van der Waals surface area contributed by atoms with Crippen molar-refractivity contribution in [1.29, 1.82) is 0 Å². The van der Waals surface area contributed by atoms with E-state index < -0.39 is 11.1 Å². The van der Waals surface area contributed by atoms with Gasteiger partial charge >= 0.3 is 0 Å². The van der Waals surface area contributed by atoms with Crippen LogP contribution in [0.15, 0.2) is 23.6 Å². The first-order valence-corrected chi connectivity index (χ1v) is 3.34. The van der Waals surface area contributed by atoms with Gasteiger partial charge in [-0.05, 0) is 18.0 Å². The average molecular weight is 161 g/mol. The van der Waals surface area contributed by atoms with Crippen molar-refractivity contribution >= 4 is 16.8 Å². The molecule has 0 amide bonds. The minimum atomic E-state index is -0.714. The maximum Gasteiger partial charge on any atom is 0.254 e. The molecule has 10 heavy (non-hydrogen) atoms. The zero-order valence-corrected chi connectivity index (χ0v) is 5.99. The normalized spacial score (nSPS) is 17.8.